The van der Waals surface area contributed by atoms with Crippen molar-refractivity contribution in [2.24, 2.45) is 5.73 Å². The van der Waals surface area contributed by atoms with Crippen LogP contribution in [0.4, 0.5) is 0 Å². The quantitative estimate of drug-likeness (QED) is 0.437. The molecule has 64 valence electrons. The third kappa shape index (κ3) is 5.57. The Kier molecular flexibility index (Phi) is 5.42. The predicted octanol–water partition coefficient (Wildman–Crippen LogP) is -0.00900. The van der Waals surface area contributed by atoms with Crippen LogP contribution in [0, 0.1) is 0 Å². The molecule has 0 saturated heterocycles. The van der Waals surface area contributed by atoms with Crippen molar-refractivity contribution in [2.45, 2.75) is 13.0 Å². The zero-order valence-corrected chi connectivity index (χ0v) is 6.49. The first-order valence-electron chi connectivity index (χ1n) is 3.35. The summed E-state index contributed by atoms with van der Waals surface area (Å²) in [5, 5.41) is 8.32. The van der Waals surface area contributed by atoms with E-state index in [1.165, 1.54) is 0 Å². The molecule has 0 rings (SSSR count). The lowest BCUT2D eigenvalue weighted by molar-refractivity contribution is -0.139. The Bertz CT molecular complexity index is 145. The van der Waals surface area contributed by atoms with Crippen LogP contribution in [0.5, 0.6) is 0 Å². The number of hydrogen-bond acceptors (Lipinski definition) is 3. The van der Waals surface area contributed by atoms with Crippen LogP contribution in [0.1, 0.15) is 6.92 Å². The van der Waals surface area contributed by atoms with Crippen LogP contribution < -0.4 is 5.73 Å². The van der Waals surface area contributed by atoms with Crippen LogP contribution in [0.25, 0.3) is 0 Å². The van der Waals surface area contributed by atoms with Gasteiger partial charge in [0.25, 0.3) is 0 Å². The molecule has 0 spiro atoms. The highest BCUT2D eigenvalue weighted by Crippen LogP contribution is 1.82. The molecule has 3 N–H and O–H groups in total. The normalized spacial score (nSPS) is 13.6. The number of hydrogen-bond donors (Lipinski definition) is 2. The van der Waals surface area contributed by atoms with E-state index in [4.69, 9.17) is 15.6 Å². The van der Waals surface area contributed by atoms with Gasteiger partial charge in [-0.05, 0) is 6.92 Å². The molecule has 0 radical (unpaired) electrons. The van der Waals surface area contributed by atoms with Crippen LogP contribution in [-0.4, -0.2) is 30.3 Å². The summed E-state index contributed by atoms with van der Waals surface area (Å²) < 4.78 is 4.90. The van der Waals surface area contributed by atoms with Crippen LogP contribution in [0.2, 0.25) is 0 Å². The molecule has 0 heterocycles. The molecule has 0 aliphatic heterocycles. The van der Waals surface area contributed by atoms with Gasteiger partial charge in [0.15, 0.2) is 0 Å². The lowest BCUT2D eigenvalue weighted by Gasteiger charge is -2.04. The van der Waals surface area contributed by atoms with Crippen molar-refractivity contribution in [1.29, 1.82) is 0 Å². The third-order valence-electron chi connectivity index (χ3n) is 1.06. The molecule has 0 aromatic carbocycles. The molecule has 0 aromatic heterocycles. The maximum atomic E-state index is 10.1. The molecule has 0 aliphatic rings. The molecule has 0 fully saturated rings. The molecule has 11 heavy (non-hydrogen) atoms. The number of carboxylic acid groups (broad SMARTS) is 1. The Morgan fingerprint density at radius 3 is 2.91 bits per heavy atom. The van der Waals surface area contributed by atoms with Crippen LogP contribution in [0.15, 0.2) is 12.2 Å². The summed E-state index contributed by atoms with van der Waals surface area (Å²) in [5.74, 6) is -1.04. The first-order chi connectivity index (χ1) is 5.18. The smallest absolute Gasteiger partial charge is 0.322 e. The Morgan fingerprint density at radius 2 is 2.45 bits per heavy atom. The van der Waals surface area contributed by atoms with E-state index in [-0.39, 0.29) is 6.61 Å². The molecule has 0 saturated carbocycles. The zero-order valence-electron chi connectivity index (χ0n) is 6.49. The molecule has 4 heteroatoms. The van der Waals surface area contributed by atoms with Crippen LogP contribution in [0.3, 0.4) is 0 Å². The topological polar surface area (TPSA) is 72.5 Å². The number of allylic oxidation sites excluding steroid dienone is 1. The molecule has 1 unspecified atom stereocenters. The van der Waals surface area contributed by atoms with Gasteiger partial charge in [-0.15, -0.1) is 0 Å². The Morgan fingerprint density at radius 1 is 1.82 bits per heavy atom. The standard InChI is InChI=1S/C7H13NO3/c1-2-3-4-11-5-6(8)7(9)10/h2-3,6H,4-5,8H2,1H3,(H,9,10)/b3-2+. The summed E-state index contributed by atoms with van der Waals surface area (Å²) in [5.41, 5.74) is 5.15. The second-order valence-electron chi connectivity index (χ2n) is 2.05. The van der Waals surface area contributed by atoms with E-state index in [1.54, 1.807) is 6.08 Å². The van der Waals surface area contributed by atoms with Gasteiger partial charge in [0.05, 0.1) is 13.2 Å². The molecule has 4 nitrogen and oxygen atoms in total. The molecule has 1 atom stereocenters. The van der Waals surface area contributed by atoms with Crippen molar-refractivity contribution in [2.75, 3.05) is 13.2 Å². The maximum Gasteiger partial charge on any atom is 0.322 e. The van der Waals surface area contributed by atoms with Crippen molar-refractivity contribution in [3.8, 4) is 0 Å². The van der Waals surface area contributed by atoms with E-state index in [0.717, 1.165) is 0 Å². The number of carboxylic acids is 1. The zero-order chi connectivity index (χ0) is 8.69. The average Bonchev–Trinajstić information content (AvgIpc) is 1.97. The Hall–Kier alpha value is -0.870. The maximum absolute atomic E-state index is 10.1. The first-order valence-corrected chi connectivity index (χ1v) is 3.35. The minimum atomic E-state index is -1.04. The minimum Gasteiger partial charge on any atom is -0.480 e. The molecular weight excluding hydrogens is 146 g/mol. The highest BCUT2D eigenvalue weighted by molar-refractivity contribution is 5.73. The third-order valence-corrected chi connectivity index (χ3v) is 1.06. The summed E-state index contributed by atoms with van der Waals surface area (Å²) >= 11 is 0. The summed E-state index contributed by atoms with van der Waals surface area (Å²) in [6.45, 7) is 2.33. The fraction of sp³-hybridized carbons (Fsp3) is 0.571. The van der Waals surface area contributed by atoms with E-state index in [0.29, 0.717) is 6.61 Å². The largest absolute Gasteiger partial charge is 0.480 e. The van der Waals surface area contributed by atoms with Gasteiger partial charge in [-0.25, -0.2) is 0 Å². The van der Waals surface area contributed by atoms with Gasteiger partial charge in [0.2, 0.25) is 0 Å². The van der Waals surface area contributed by atoms with Gasteiger partial charge in [0.1, 0.15) is 6.04 Å². The van der Waals surface area contributed by atoms with Crippen molar-refractivity contribution in [3.05, 3.63) is 12.2 Å². The van der Waals surface area contributed by atoms with Gasteiger partial charge in [-0.3, -0.25) is 4.79 Å². The van der Waals surface area contributed by atoms with Crippen molar-refractivity contribution in [1.82, 2.24) is 0 Å². The fourth-order valence-corrected chi connectivity index (χ4v) is 0.431. The van der Waals surface area contributed by atoms with E-state index >= 15 is 0 Å². The van der Waals surface area contributed by atoms with E-state index in [2.05, 4.69) is 0 Å². The van der Waals surface area contributed by atoms with Gasteiger partial charge in [-0.2, -0.15) is 0 Å². The van der Waals surface area contributed by atoms with E-state index < -0.39 is 12.0 Å². The number of aliphatic carboxylic acids is 1. The lowest BCUT2D eigenvalue weighted by Crippen LogP contribution is -2.34. The Labute approximate surface area is 65.6 Å². The lowest BCUT2D eigenvalue weighted by atomic mass is 10.3. The fourth-order valence-electron chi connectivity index (χ4n) is 0.431. The molecule has 0 bridgehead atoms. The van der Waals surface area contributed by atoms with Crippen molar-refractivity contribution < 1.29 is 14.6 Å². The second-order valence-corrected chi connectivity index (χ2v) is 2.05. The number of rotatable bonds is 5. The summed E-state index contributed by atoms with van der Waals surface area (Å²) in [4.78, 5) is 10.1. The van der Waals surface area contributed by atoms with Gasteiger partial charge < -0.3 is 15.6 Å². The summed E-state index contributed by atoms with van der Waals surface area (Å²) in [6, 6.07) is -0.916. The Balaban J connectivity index is 3.31. The van der Waals surface area contributed by atoms with Gasteiger partial charge >= 0.3 is 5.97 Å². The van der Waals surface area contributed by atoms with Crippen molar-refractivity contribution >= 4 is 5.97 Å². The minimum absolute atomic E-state index is 0.0552. The molecule has 0 aromatic rings. The highest BCUT2D eigenvalue weighted by atomic mass is 16.5. The predicted molar refractivity (Wildman–Crippen MR) is 41.2 cm³/mol. The second kappa shape index (κ2) is 5.88. The highest BCUT2D eigenvalue weighted by Gasteiger charge is 2.09. The van der Waals surface area contributed by atoms with Crippen molar-refractivity contribution in [3.63, 3.8) is 0 Å². The number of nitrogens with two attached hydrogens (primary N) is 1. The molecule has 0 aliphatic carbocycles. The van der Waals surface area contributed by atoms with Crippen LogP contribution in [-0.2, 0) is 9.53 Å². The van der Waals surface area contributed by atoms with E-state index in [9.17, 15) is 4.79 Å². The SMILES string of the molecule is C/C=C/COCC(N)C(=O)O. The van der Waals surface area contributed by atoms with Gasteiger partial charge in [0, 0.05) is 0 Å². The average molecular weight is 159 g/mol. The van der Waals surface area contributed by atoms with E-state index in [1.807, 2.05) is 13.0 Å². The molecular formula is C7H13NO3. The van der Waals surface area contributed by atoms with Crippen LogP contribution >= 0.6 is 0 Å². The monoisotopic (exact) mass is 159 g/mol. The molecule has 0 amide bonds. The summed E-state index contributed by atoms with van der Waals surface area (Å²) in [6.07, 6.45) is 3.61. The first kappa shape index (κ1) is 10.1. The summed E-state index contributed by atoms with van der Waals surface area (Å²) in [7, 11) is 0. The number of carbonyl (C=O) groups is 1. The number of ether oxygens (including phenoxy) is 1. The van der Waals surface area contributed by atoms with Gasteiger partial charge in [-0.1, -0.05) is 12.2 Å².